The van der Waals surface area contributed by atoms with E-state index in [1.165, 1.54) is 12.1 Å². The fourth-order valence-corrected chi connectivity index (χ4v) is 2.79. The molecule has 1 N–H and O–H groups in total. The van der Waals surface area contributed by atoms with Crippen molar-refractivity contribution in [3.05, 3.63) is 87.4 Å². The number of benzene rings is 3. The Morgan fingerprint density at radius 1 is 0.870 bits per heavy atom. The molecule has 0 saturated heterocycles. The van der Waals surface area contributed by atoms with Crippen molar-refractivity contribution < 1.29 is 4.92 Å². The summed E-state index contributed by atoms with van der Waals surface area (Å²) in [5.74, 6) is 0. The van der Waals surface area contributed by atoms with Gasteiger partial charge in [-0.15, -0.1) is 0 Å². The first kappa shape index (κ1) is 15.2. The predicted octanol–water partition coefficient (Wildman–Crippen LogP) is 5.77. The van der Waals surface area contributed by atoms with Crippen LogP contribution in [0.4, 0.5) is 17.1 Å². The number of hydrogen-bond donors (Lipinski definition) is 1. The maximum absolute atomic E-state index is 10.8. The van der Waals surface area contributed by atoms with Gasteiger partial charge in [-0.3, -0.25) is 10.1 Å². The van der Waals surface area contributed by atoms with E-state index >= 15 is 0 Å². The van der Waals surface area contributed by atoms with Gasteiger partial charge in [0.15, 0.2) is 0 Å². The first-order valence-electron chi connectivity index (χ1n) is 7.00. The molecule has 0 amide bonds. The molecule has 23 heavy (non-hydrogen) atoms. The Morgan fingerprint density at radius 3 is 2.26 bits per heavy atom. The number of nitro groups is 1. The Balaban J connectivity index is 1.97. The summed E-state index contributed by atoms with van der Waals surface area (Å²) in [5, 5.41) is 14.2. The van der Waals surface area contributed by atoms with Crippen molar-refractivity contribution in [2.24, 2.45) is 0 Å². The lowest BCUT2D eigenvalue weighted by Gasteiger charge is -2.13. The molecule has 114 valence electrons. The van der Waals surface area contributed by atoms with Crippen LogP contribution in [0.5, 0.6) is 0 Å². The van der Waals surface area contributed by atoms with E-state index in [0.717, 1.165) is 22.5 Å². The molecular weight excluding hydrogens is 356 g/mol. The SMILES string of the molecule is O=[N+]([O-])c1ccc(Nc2ccccc2-c2ccccc2)c(Br)c1. The van der Waals surface area contributed by atoms with E-state index in [2.05, 4.69) is 21.2 Å². The molecule has 0 saturated carbocycles. The van der Waals surface area contributed by atoms with E-state index in [1.807, 2.05) is 54.6 Å². The Kier molecular flexibility index (Phi) is 4.39. The molecular formula is C18H13BrN2O2. The summed E-state index contributed by atoms with van der Waals surface area (Å²) in [4.78, 5) is 10.4. The fraction of sp³-hybridized carbons (Fsp3) is 0. The number of rotatable bonds is 4. The Labute approximate surface area is 142 Å². The summed E-state index contributed by atoms with van der Waals surface area (Å²) in [7, 11) is 0. The van der Waals surface area contributed by atoms with E-state index in [-0.39, 0.29) is 5.69 Å². The van der Waals surface area contributed by atoms with Crippen molar-refractivity contribution in [2.45, 2.75) is 0 Å². The molecule has 3 rings (SSSR count). The van der Waals surface area contributed by atoms with Crippen molar-refractivity contribution in [1.82, 2.24) is 0 Å². The van der Waals surface area contributed by atoms with Gasteiger partial charge in [0.25, 0.3) is 5.69 Å². The minimum absolute atomic E-state index is 0.0544. The van der Waals surface area contributed by atoms with Crippen LogP contribution in [0, 0.1) is 10.1 Å². The van der Waals surface area contributed by atoms with E-state index < -0.39 is 4.92 Å². The zero-order valence-electron chi connectivity index (χ0n) is 12.1. The van der Waals surface area contributed by atoms with Crippen LogP contribution < -0.4 is 5.32 Å². The molecule has 0 bridgehead atoms. The third-order valence-corrected chi connectivity index (χ3v) is 4.10. The Hall–Kier alpha value is -2.66. The van der Waals surface area contributed by atoms with Gasteiger partial charge in [-0.05, 0) is 33.6 Å². The summed E-state index contributed by atoms with van der Waals surface area (Å²) in [5.41, 5.74) is 3.94. The van der Waals surface area contributed by atoms with Gasteiger partial charge >= 0.3 is 0 Å². The normalized spacial score (nSPS) is 10.3. The highest BCUT2D eigenvalue weighted by molar-refractivity contribution is 9.10. The molecule has 0 aliphatic rings. The smallest absolute Gasteiger partial charge is 0.270 e. The van der Waals surface area contributed by atoms with Crippen molar-refractivity contribution in [3.63, 3.8) is 0 Å². The van der Waals surface area contributed by atoms with Crippen LogP contribution in [-0.2, 0) is 0 Å². The van der Waals surface area contributed by atoms with E-state index in [9.17, 15) is 10.1 Å². The summed E-state index contributed by atoms with van der Waals surface area (Å²) >= 11 is 3.39. The quantitative estimate of drug-likeness (QED) is 0.469. The van der Waals surface area contributed by atoms with E-state index in [0.29, 0.717) is 4.47 Å². The second-order valence-corrected chi connectivity index (χ2v) is 5.81. The van der Waals surface area contributed by atoms with Gasteiger partial charge in [0, 0.05) is 27.9 Å². The number of hydrogen-bond acceptors (Lipinski definition) is 3. The number of non-ortho nitro benzene ring substituents is 1. The van der Waals surface area contributed by atoms with E-state index in [1.54, 1.807) is 6.07 Å². The van der Waals surface area contributed by atoms with Crippen LogP contribution >= 0.6 is 15.9 Å². The van der Waals surface area contributed by atoms with Crippen LogP contribution in [0.15, 0.2) is 77.3 Å². The highest BCUT2D eigenvalue weighted by Gasteiger charge is 2.11. The maximum atomic E-state index is 10.8. The molecule has 0 fully saturated rings. The van der Waals surface area contributed by atoms with Crippen LogP contribution in [0.2, 0.25) is 0 Å². The van der Waals surface area contributed by atoms with Gasteiger partial charge in [-0.1, -0.05) is 48.5 Å². The van der Waals surface area contributed by atoms with Crippen LogP contribution in [-0.4, -0.2) is 4.92 Å². The molecule has 5 heteroatoms. The van der Waals surface area contributed by atoms with Gasteiger partial charge in [-0.25, -0.2) is 0 Å². The number of halogens is 1. The van der Waals surface area contributed by atoms with Crippen molar-refractivity contribution >= 4 is 33.0 Å². The molecule has 4 nitrogen and oxygen atoms in total. The molecule has 0 atom stereocenters. The molecule has 3 aromatic carbocycles. The maximum Gasteiger partial charge on any atom is 0.270 e. The largest absolute Gasteiger partial charge is 0.354 e. The van der Waals surface area contributed by atoms with E-state index in [4.69, 9.17) is 0 Å². The molecule has 0 aliphatic carbocycles. The first-order valence-corrected chi connectivity index (χ1v) is 7.80. The van der Waals surface area contributed by atoms with Gasteiger partial charge in [-0.2, -0.15) is 0 Å². The van der Waals surface area contributed by atoms with Gasteiger partial charge < -0.3 is 5.32 Å². The third kappa shape index (κ3) is 3.40. The zero-order chi connectivity index (χ0) is 16.2. The number of nitrogens with zero attached hydrogens (tertiary/aromatic N) is 1. The summed E-state index contributed by atoms with van der Waals surface area (Å²) in [6, 6.07) is 22.7. The van der Waals surface area contributed by atoms with Crippen LogP contribution in [0.1, 0.15) is 0 Å². The van der Waals surface area contributed by atoms with Crippen LogP contribution in [0.3, 0.4) is 0 Å². The molecule has 0 heterocycles. The first-order chi connectivity index (χ1) is 11.1. The summed E-state index contributed by atoms with van der Waals surface area (Å²) in [6.45, 7) is 0. The molecule has 0 unspecified atom stereocenters. The second-order valence-electron chi connectivity index (χ2n) is 4.96. The number of nitrogens with one attached hydrogen (secondary N) is 1. The van der Waals surface area contributed by atoms with Gasteiger partial charge in [0.05, 0.1) is 10.6 Å². The minimum Gasteiger partial charge on any atom is -0.354 e. The standard InChI is InChI=1S/C18H13BrN2O2/c19-16-12-14(21(22)23)10-11-18(16)20-17-9-5-4-8-15(17)13-6-2-1-3-7-13/h1-12,20H. The average Bonchev–Trinajstić information content (AvgIpc) is 2.58. The topological polar surface area (TPSA) is 55.2 Å². The molecule has 0 radical (unpaired) electrons. The summed E-state index contributed by atoms with van der Waals surface area (Å²) in [6.07, 6.45) is 0. The zero-order valence-corrected chi connectivity index (χ0v) is 13.7. The van der Waals surface area contributed by atoms with Crippen molar-refractivity contribution in [2.75, 3.05) is 5.32 Å². The molecule has 3 aromatic rings. The van der Waals surface area contributed by atoms with Gasteiger partial charge in [0.2, 0.25) is 0 Å². The number of para-hydroxylation sites is 1. The van der Waals surface area contributed by atoms with Crippen molar-refractivity contribution in [3.8, 4) is 11.1 Å². The predicted molar refractivity (Wildman–Crippen MR) is 96.0 cm³/mol. The highest BCUT2D eigenvalue weighted by Crippen LogP contribution is 2.34. The Bertz CT molecular complexity index is 851. The molecule has 0 aliphatic heterocycles. The molecule has 0 spiro atoms. The monoisotopic (exact) mass is 368 g/mol. The molecule has 0 aromatic heterocycles. The van der Waals surface area contributed by atoms with Crippen molar-refractivity contribution in [1.29, 1.82) is 0 Å². The highest BCUT2D eigenvalue weighted by atomic mass is 79.9. The number of nitro benzene ring substituents is 1. The second kappa shape index (κ2) is 6.62. The lowest BCUT2D eigenvalue weighted by atomic mass is 10.0. The Morgan fingerprint density at radius 2 is 1.57 bits per heavy atom. The lowest BCUT2D eigenvalue weighted by Crippen LogP contribution is -1.95. The summed E-state index contributed by atoms with van der Waals surface area (Å²) < 4.78 is 0.648. The van der Waals surface area contributed by atoms with Gasteiger partial charge in [0.1, 0.15) is 0 Å². The van der Waals surface area contributed by atoms with Crippen LogP contribution in [0.25, 0.3) is 11.1 Å². The minimum atomic E-state index is -0.410. The average molecular weight is 369 g/mol. The fourth-order valence-electron chi connectivity index (χ4n) is 2.33. The third-order valence-electron chi connectivity index (χ3n) is 3.44. The number of anilines is 2. The lowest BCUT2D eigenvalue weighted by molar-refractivity contribution is -0.384.